The summed E-state index contributed by atoms with van der Waals surface area (Å²) in [6.07, 6.45) is 6.19. The van der Waals surface area contributed by atoms with Crippen LogP contribution in [0.1, 0.15) is 39.0 Å². The van der Waals surface area contributed by atoms with Crippen LogP contribution in [0.5, 0.6) is 0 Å². The summed E-state index contributed by atoms with van der Waals surface area (Å²) in [4.78, 5) is 15.7. The molecule has 1 amide bonds. The van der Waals surface area contributed by atoms with Gasteiger partial charge in [0, 0.05) is 5.92 Å². The van der Waals surface area contributed by atoms with Crippen molar-refractivity contribution >= 4 is 27.9 Å². The molecule has 94 valence electrons. The quantitative estimate of drug-likeness (QED) is 0.585. The Morgan fingerprint density at radius 3 is 2.65 bits per heavy atom. The zero-order valence-electron chi connectivity index (χ0n) is 10.1. The van der Waals surface area contributed by atoms with Crippen LogP contribution in [-0.2, 0) is 4.79 Å². The molecule has 0 aromatic heterocycles. The van der Waals surface area contributed by atoms with Crippen LogP contribution in [0, 0.1) is 23.2 Å². The van der Waals surface area contributed by atoms with E-state index in [1.165, 1.54) is 25.7 Å². The summed E-state index contributed by atoms with van der Waals surface area (Å²) in [7, 11) is 0. The van der Waals surface area contributed by atoms with Crippen LogP contribution in [0.15, 0.2) is 4.99 Å². The molecule has 5 heteroatoms. The number of carbonyl (C=O) groups excluding carboxylic acids is 1. The number of rotatable bonds is 2. The van der Waals surface area contributed by atoms with E-state index in [9.17, 15) is 4.79 Å². The maximum absolute atomic E-state index is 11.8. The lowest BCUT2D eigenvalue weighted by Gasteiger charge is -2.05. The molecule has 0 aromatic carbocycles. The van der Waals surface area contributed by atoms with Crippen molar-refractivity contribution in [1.82, 2.24) is 0 Å². The number of nitrogens with zero attached hydrogens (tertiary/aromatic N) is 1. The van der Waals surface area contributed by atoms with Crippen LogP contribution >= 0.6 is 11.8 Å². The number of nitrogens with one attached hydrogen (secondary N) is 1. The summed E-state index contributed by atoms with van der Waals surface area (Å²) in [5.74, 6) is 1.35. The summed E-state index contributed by atoms with van der Waals surface area (Å²) in [5, 5.41) is 7.83. The predicted molar refractivity (Wildman–Crippen MR) is 71.2 cm³/mol. The van der Waals surface area contributed by atoms with E-state index in [1.807, 2.05) is 0 Å². The Balaban J connectivity index is 1.84. The lowest BCUT2D eigenvalue weighted by Crippen LogP contribution is -2.13. The van der Waals surface area contributed by atoms with Crippen molar-refractivity contribution in [3.63, 3.8) is 0 Å². The molecular weight excluding hydrogens is 234 g/mol. The van der Waals surface area contributed by atoms with Crippen molar-refractivity contribution in [1.29, 1.82) is 5.41 Å². The maximum atomic E-state index is 11.8. The molecule has 0 aliphatic heterocycles. The SMILES string of the molecule is CC(=N)SC(N)=NC(=O)C1CC1C1CCCC1. The van der Waals surface area contributed by atoms with E-state index in [0.717, 1.165) is 24.1 Å². The van der Waals surface area contributed by atoms with Gasteiger partial charge in [0.2, 0.25) is 0 Å². The first kappa shape index (κ1) is 12.6. The van der Waals surface area contributed by atoms with Crippen molar-refractivity contribution in [3.05, 3.63) is 0 Å². The molecule has 0 aromatic rings. The molecule has 2 atom stereocenters. The van der Waals surface area contributed by atoms with Crippen LogP contribution in [-0.4, -0.2) is 16.1 Å². The van der Waals surface area contributed by atoms with Gasteiger partial charge in [-0.1, -0.05) is 25.7 Å². The highest BCUT2D eigenvalue weighted by atomic mass is 32.2. The minimum Gasteiger partial charge on any atom is -0.378 e. The Kier molecular flexibility index (Phi) is 3.86. The second-order valence-electron chi connectivity index (χ2n) is 5.00. The molecule has 2 aliphatic rings. The third kappa shape index (κ3) is 3.31. The highest BCUT2D eigenvalue weighted by Gasteiger charge is 2.47. The minimum atomic E-state index is -0.0758. The molecule has 2 fully saturated rings. The molecular formula is C12H19N3OS. The first-order valence-corrected chi connectivity index (χ1v) is 7.00. The molecule has 17 heavy (non-hydrogen) atoms. The van der Waals surface area contributed by atoms with Gasteiger partial charge in [-0.2, -0.15) is 4.99 Å². The van der Waals surface area contributed by atoms with E-state index in [2.05, 4.69) is 4.99 Å². The first-order valence-electron chi connectivity index (χ1n) is 6.19. The number of aliphatic imine (C=N–C) groups is 1. The average Bonchev–Trinajstić information content (AvgIpc) is 2.84. The van der Waals surface area contributed by atoms with Crippen molar-refractivity contribution < 1.29 is 4.79 Å². The summed E-state index contributed by atoms with van der Waals surface area (Å²) >= 11 is 1.05. The highest BCUT2D eigenvalue weighted by Crippen LogP contribution is 2.50. The number of carbonyl (C=O) groups is 1. The number of thioether (sulfide) groups is 1. The molecule has 4 nitrogen and oxygen atoms in total. The number of hydrogen-bond donors (Lipinski definition) is 2. The molecule has 0 bridgehead atoms. The monoisotopic (exact) mass is 253 g/mol. The van der Waals surface area contributed by atoms with Crippen molar-refractivity contribution in [3.8, 4) is 0 Å². The summed E-state index contributed by atoms with van der Waals surface area (Å²) in [6, 6.07) is 0. The number of amidine groups is 1. The van der Waals surface area contributed by atoms with Crippen LogP contribution in [0.3, 0.4) is 0 Å². The Labute approximate surface area is 106 Å². The normalized spacial score (nSPS) is 29.4. The number of hydrogen-bond acceptors (Lipinski definition) is 3. The Morgan fingerprint density at radius 1 is 1.41 bits per heavy atom. The van der Waals surface area contributed by atoms with Gasteiger partial charge in [0.25, 0.3) is 5.91 Å². The number of nitrogens with two attached hydrogens (primary N) is 1. The zero-order chi connectivity index (χ0) is 12.4. The van der Waals surface area contributed by atoms with E-state index >= 15 is 0 Å². The van der Waals surface area contributed by atoms with E-state index < -0.39 is 0 Å². The third-order valence-electron chi connectivity index (χ3n) is 3.64. The fraction of sp³-hybridized carbons (Fsp3) is 0.750. The summed E-state index contributed by atoms with van der Waals surface area (Å²) in [6.45, 7) is 1.63. The predicted octanol–water partition coefficient (Wildman–Crippen LogP) is 2.38. The zero-order valence-corrected chi connectivity index (χ0v) is 10.9. The van der Waals surface area contributed by atoms with Crippen LogP contribution in [0.4, 0.5) is 0 Å². The van der Waals surface area contributed by atoms with Gasteiger partial charge in [0.05, 0.1) is 5.04 Å². The van der Waals surface area contributed by atoms with Crippen molar-refractivity contribution in [2.24, 2.45) is 28.5 Å². The van der Waals surface area contributed by atoms with E-state index in [0.29, 0.717) is 11.0 Å². The topological polar surface area (TPSA) is 79.3 Å². The smallest absolute Gasteiger partial charge is 0.251 e. The Hall–Kier alpha value is -0.840. The molecule has 2 saturated carbocycles. The van der Waals surface area contributed by atoms with Gasteiger partial charge in [-0.05, 0) is 36.9 Å². The average molecular weight is 253 g/mol. The molecule has 2 aliphatic carbocycles. The standard InChI is InChI=1S/C12H19N3OS/c1-7(13)17-12(14)15-11(16)10-6-9(10)8-4-2-3-5-8/h8-10,13H,2-6H2,1H3,(H2,14,15,16). The van der Waals surface area contributed by atoms with Gasteiger partial charge in [0.15, 0.2) is 5.17 Å². The number of amides is 1. The summed E-state index contributed by atoms with van der Waals surface area (Å²) in [5.41, 5.74) is 5.59. The van der Waals surface area contributed by atoms with Crippen LogP contribution in [0.25, 0.3) is 0 Å². The second kappa shape index (κ2) is 5.21. The van der Waals surface area contributed by atoms with Gasteiger partial charge in [-0.15, -0.1) is 0 Å². The lowest BCUT2D eigenvalue weighted by molar-refractivity contribution is -0.119. The molecule has 0 spiro atoms. The lowest BCUT2D eigenvalue weighted by atomic mass is 10.0. The van der Waals surface area contributed by atoms with E-state index in [-0.39, 0.29) is 17.0 Å². The van der Waals surface area contributed by atoms with Crippen LogP contribution in [0.2, 0.25) is 0 Å². The van der Waals surface area contributed by atoms with E-state index in [1.54, 1.807) is 6.92 Å². The fourth-order valence-corrected chi connectivity index (χ4v) is 3.23. The van der Waals surface area contributed by atoms with Gasteiger partial charge >= 0.3 is 0 Å². The second-order valence-corrected chi connectivity index (χ2v) is 6.23. The fourth-order valence-electron chi connectivity index (χ4n) is 2.78. The first-order chi connectivity index (χ1) is 8.08. The molecule has 3 N–H and O–H groups in total. The summed E-state index contributed by atoms with van der Waals surface area (Å²) < 4.78 is 0. The largest absolute Gasteiger partial charge is 0.378 e. The molecule has 2 rings (SSSR count). The van der Waals surface area contributed by atoms with Gasteiger partial charge in [0.1, 0.15) is 0 Å². The molecule has 2 unspecified atom stereocenters. The third-order valence-corrected chi connectivity index (χ3v) is 4.25. The van der Waals surface area contributed by atoms with Gasteiger partial charge < -0.3 is 5.73 Å². The molecule has 0 saturated heterocycles. The Morgan fingerprint density at radius 2 is 2.06 bits per heavy atom. The molecule has 0 radical (unpaired) electrons. The van der Waals surface area contributed by atoms with Crippen LogP contribution < -0.4 is 5.73 Å². The van der Waals surface area contributed by atoms with E-state index in [4.69, 9.17) is 11.1 Å². The van der Waals surface area contributed by atoms with Crippen molar-refractivity contribution in [2.75, 3.05) is 0 Å². The van der Waals surface area contributed by atoms with Gasteiger partial charge in [-0.3, -0.25) is 10.2 Å². The Bertz CT molecular complexity index is 361. The minimum absolute atomic E-state index is 0.0758. The highest BCUT2D eigenvalue weighted by molar-refractivity contribution is 8.26. The maximum Gasteiger partial charge on any atom is 0.251 e. The van der Waals surface area contributed by atoms with Gasteiger partial charge in [-0.25, -0.2) is 0 Å². The van der Waals surface area contributed by atoms with Crippen molar-refractivity contribution in [2.45, 2.75) is 39.0 Å². The molecule has 0 heterocycles.